The number of aliphatic carboxylic acids is 1. The monoisotopic (exact) mass is 298 g/mol. The van der Waals surface area contributed by atoms with Crippen molar-refractivity contribution in [2.45, 2.75) is 24.8 Å². The third kappa shape index (κ3) is 3.78. The van der Waals surface area contributed by atoms with Gasteiger partial charge in [-0.05, 0) is 12.0 Å². The lowest BCUT2D eigenvalue weighted by Gasteiger charge is -2.16. The fourth-order valence-electron chi connectivity index (χ4n) is 2.05. The van der Waals surface area contributed by atoms with Crippen LogP contribution in [0.1, 0.15) is 24.3 Å². The van der Waals surface area contributed by atoms with Gasteiger partial charge in [-0.15, -0.1) is 0 Å². The van der Waals surface area contributed by atoms with Crippen LogP contribution in [0.3, 0.4) is 0 Å². The van der Waals surface area contributed by atoms with Crippen molar-refractivity contribution in [3.8, 4) is 0 Å². The molecule has 0 radical (unpaired) electrons. The Hall–Kier alpha value is -1.44. The largest absolute Gasteiger partial charge is 0.481 e. The number of carboxylic acid groups (broad SMARTS) is 1. The second-order valence-electron chi connectivity index (χ2n) is 4.95. The van der Waals surface area contributed by atoms with Gasteiger partial charge in [-0.1, -0.05) is 30.3 Å². The SMILES string of the molecule is CN(CCC(=O)O)S(=O)(=O)NC1CC1c1ccccc1. The lowest BCUT2D eigenvalue weighted by molar-refractivity contribution is -0.137. The lowest BCUT2D eigenvalue weighted by Crippen LogP contribution is -2.40. The minimum absolute atomic E-state index is 0.0343. The molecule has 110 valence electrons. The molecule has 1 aliphatic rings. The zero-order valence-electron chi connectivity index (χ0n) is 11.2. The minimum atomic E-state index is -3.61. The van der Waals surface area contributed by atoms with Crippen LogP contribution in [0, 0.1) is 0 Å². The highest BCUT2D eigenvalue weighted by Gasteiger charge is 2.41. The highest BCUT2D eigenvalue weighted by atomic mass is 32.2. The highest BCUT2D eigenvalue weighted by Crippen LogP contribution is 2.41. The molecule has 20 heavy (non-hydrogen) atoms. The summed E-state index contributed by atoms with van der Waals surface area (Å²) in [6, 6.07) is 9.64. The van der Waals surface area contributed by atoms with Crippen LogP contribution in [-0.4, -0.2) is 43.4 Å². The van der Waals surface area contributed by atoms with Gasteiger partial charge in [-0.2, -0.15) is 17.4 Å². The minimum Gasteiger partial charge on any atom is -0.481 e. The van der Waals surface area contributed by atoms with Gasteiger partial charge >= 0.3 is 5.97 Å². The fraction of sp³-hybridized carbons (Fsp3) is 0.462. The molecule has 0 amide bonds. The average molecular weight is 298 g/mol. The number of hydrogen-bond donors (Lipinski definition) is 2. The zero-order chi connectivity index (χ0) is 14.8. The molecule has 1 aliphatic carbocycles. The second kappa shape index (κ2) is 5.90. The van der Waals surface area contributed by atoms with Crippen LogP contribution in [0.5, 0.6) is 0 Å². The Morgan fingerprint density at radius 2 is 2.05 bits per heavy atom. The van der Waals surface area contributed by atoms with Crippen LogP contribution in [-0.2, 0) is 15.0 Å². The maximum atomic E-state index is 12.0. The van der Waals surface area contributed by atoms with Crippen molar-refractivity contribution in [1.29, 1.82) is 0 Å². The van der Waals surface area contributed by atoms with E-state index in [1.165, 1.54) is 7.05 Å². The van der Waals surface area contributed by atoms with E-state index in [9.17, 15) is 13.2 Å². The number of nitrogens with one attached hydrogen (secondary N) is 1. The number of hydrogen-bond acceptors (Lipinski definition) is 3. The second-order valence-corrected chi connectivity index (χ2v) is 6.76. The normalized spacial score (nSPS) is 21.9. The first-order chi connectivity index (χ1) is 9.40. The van der Waals surface area contributed by atoms with Crippen LogP contribution in [0.4, 0.5) is 0 Å². The van der Waals surface area contributed by atoms with Crippen molar-refractivity contribution in [3.63, 3.8) is 0 Å². The molecular formula is C13H18N2O4S. The van der Waals surface area contributed by atoms with Crippen molar-refractivity contribution in [1.82, 2.24) is 9.03 Å². The van der Waals surface area contributed by atoms with E-state index in [1.54, 1.807) is 0 Å². The molecule has 7 heteroatoms. The van der Waals surface area contributed by atoms with E-state index in [4.69, 9.17) is 5.11 Å². The van der Waals surface area contributed by atoms with Crippen molar-refractivity contribution in [2.75, 3.05) is 13.6 Å². The molecule has 0 aromatic heterocycles. The van der Waals surface area contributed by atoms with Gasteiger partial charge in [0, 0.05) is 25.6 Å². The first kappa shape index (κ1) is 15.0. The van der Waals surface area contributed by atoms with E-state index < -0.39 is 16.2 Å². The number of nitrogens with zero attached hydrogens (tertiary/aromatic N) is 1. The Labute approximate surface area is 118 Å². The third-order valence-corrected chi connectivity index (χ3v) is 4.97. The number of carbonyl (C=O) groups is 1. The third-order valence-electron chi connectivity index (χ3n) is 3.37. The Kier molecular flexibility index (Phi) is 4.42. The highest BCUT2D eigenvalue weighted by molar-refractivity contribution is 7.87. The molecule has 2 atom stereocenters. The molecule has 2 rings (SSSR count). The van der Waals surface area contributed by atoms with Crippen LogP contribution in [0.2, 0.25) is 0 Å². The van der Waals surface area contributed by atoms with Gasteiger partial charge in [0.05, 0.1) is 6.42 Å². The summed E-state index contributed by atoms with van der Waals surface area (Å²) in [5.41, 5.74) is 1.12. The predicted molar refractivity (Wildman–Crippen MR) is 74.5 cm³/mol. The predicted octanol–water partition coefficient (Wildman–Crippen LogP) is 0.783. The van der Waals surface area contributed by atoms with Gasteiger partial charge in [-0.3, -0.25) is 4.79 Å². The fourth-order valence-corrected chi connectivity index (χ4v) is 3.20. The van der Waals surface area contributed by atoms with Crippen LogP contribution >= 0.6 is 0 Å². The Morgan fingerprint density at radius 1 is 1.40 bits per heavy atom. The topological polar surface area (TPSA) is 86.7 Å². The number of rotatable bonds is 7. The number of carboxylic acids is 1. The molecule has 0 heterocycles. The molecule has 0 aliphatic heterocycles. The molecule has 1 aromatic rings. The lowest BCUT2D eigenvalue weighted by atomic mass is 10.1. The van der Waals surface area contributed by atoms with Gasteiger partial charge in [0.1, 0.15) is 0 Å². The van der Waals surface area contributed by atoms with Gasteiger partial charge in [0.2, 0.25) is 0 Å². The summed E-state index contributed by atoms with van der Waals surface area (Å²) in [5.74, 6) is -0.806. The van der Waals surface area contributed by atoms with Crippen LogP contribution in [0.15, 0.2) is 30.3 Å². The van der Waals surface area contributed by atoms with Gasteiger partial charge in [0.25, 0.3) is 10.2 Å². The quantitative estimate of drug-likeness (QED) is 0.779. The van der Waals surface area contributed by atoms with Crippen molar-refractivity contribution in [2.24, 2.45) is 0 Å². The molecular weight excluding hydrogens is 280 g/mol. The molecule has 0 bridgehead atoms. The number of benzene rings is 1. The summed E-state index contributed by atoms with van der Waals surface area (Å²) in [4.78, 5) is 10.5. The Balaban J connectivity index is 1.89. The smallest absolute Gasteiger partial charge is 0.304 e. The van der Waals surface area contributed by atoms with E-state index in [0.717, 1.165) is 16.3 Å². The van der Waals surface area contributed by atoms with Crippen LogP contribution < -0.4 is 4.72 Å². The molecule has 0 saturated heterocycles. The Bertz CT molecular complexity index is 573. The molecule has 0 spiro atoms. The first-order valence-electron chi connectivity index (χ1n) is 6.40. The summed E-state index contributed by atoms with van der Waals surface area (Å²) in [5, 5.41) is 8.57. The van der Waals surface area contributed by atoms with Crippen molar-refractivity contribution >= 4 is 16.2 Å². The zero-order valence-corrected chi connectivity index (χ0v) is 12.0. The summed E-state index contributed by atoms with van der Waals surface area (Å²) >= 11 is 0. The van der Waals surface area contributed by atoms with E-state index in [1.807, 2.05) is 30.3 Å². The molecule has 2 unspecified atom stereocenters. The van der Waals surface area contributed by atoms with E-state index in [2.05, 4.69) is 4.72 Å². The van der Waals surface area contributed by atoms with Crippen molar-refractivity contribution < 1.29 is 18.3 Å². The van der Waals surface area contributed by atoms with Gasteiger partial charge in [-0.25, -0.2) is 0 Å². The standard InChI is InChI=1S/C13H18N2O4S/c1-15(8-7-13(16)17)20(18,19)14-12-9-11(12)10-5-3-2-4-6-10/h2-6,11-12,14H,7-9H2,1H3,(H,16,17). The molecule has 1 saturated carbocycles. The first-order valence-corrected chi connectivity index (χ1v) is 7.84. The molecule has 1 aromatic carbocycles. The average Bonchev–Trinajstić information content (AvgIpc) is 3.15. The Morgan fingerprint density at radius 3 is 2.65 bits per heavy atom. The summed E-state index contributed by atoms with van der Waals surface area (Å²) in [6.45, 7) is -0.0343. The summed E-state index contributed by atoms with van der Waals surface area (Å²) < 4.78 is 27.6. The summed E-state index contributed by atoms with van der Waals surface area (Å²) in [6.07, 6.45) is 0.570. The van der Waals surface area contributed by atoms with Crippen molar-refractivity contribution in [3.05, 3.63) is 35.9 Å². The van der Waals surface area contributed by atoms with E-state index in [-0.39, 0.29) is 24.9 Å². The van der Waals surface area contributed by atoms with Crippen LogP contribution in [0.25, 0.3) is 0 Å². The maximum absolute atomic E-state index is 12.0. The maximum Gasteiger partial charge on any atom is 0.304 e. The van der Waals surface area contributed by atoms with E-state index in [0.29, 0.717) is 0 Å². The van der Waals surface area contributed by atoms with E-state index >= 15 is 0 Å². The van der Waals surface area contributed by atoms with Gasteiger partial charge < -0.3 is 5.11 Å². The molecule has 2 N–H and O–H groups in total. The molecule has 6 nitrogen and oxygen atoms in total. The molecule has 1 fully saturated rings. The summed E-state index contributed by atoms with van der Waals surface area (Å²) in [7, 11) is -2.23. The van der Waals surface area contributed by atoms with Gasteiger partial charge in [0.15, 0.2) is 0 Å².